The van der Waals surface area contributed by atoms with E-state index in [1.165, 1.54) is 0 Å². The molecule has 2 N–H and O–H groups in total. The molecular weight excluding hydrogens is 278 g/mol. The van der Waals surface area contributed by atoms with Gasteiger partial charge in [0, 0.05) is 11.1 Å². The van der Waals surface area contributed by atoms with Crippen molar-refractivity contribution in [3.8, 4) is 5.75 Å². The maximum atomic E-state index is 12.1. The Bertz CT molecular complexity index is 628. The van der Waals surface area contributed by atoms with Gasteiger partial charge in [0.2, 0.25) is 0 Å². The van der Waals surface area contributed by atoms with Gasteiger partial charge in [0.05, 0.1) is 19.0 Å². The van der Waals surface area contributed by atoms with Gasteiger partial charge in [0.15, 0.2) is 0 Å². The number of methoxy groups -OCH3 is 1. The van der Waals surface area contributed by atoms with Crippen molar-refractivity contribution in [3.05, 3.63) is 48.2 Å². The van der Waals surface area contributed by atoms with E-state index in [0.29, 0.717) is 11.3 Å². The highest BCUT2D eigenvalue weighted by Crippen LogP contribution is 2.16. The molecule has 0 fully saturated rings. The molecule has 0 saturated carbocycles. The fraction of sp³-hybridized carbons (Fsp3) is 0.294. The summed E-state index contributed by atoms with van der Waals surface area (Å²) in [4.78, 5) is 16.4. The van der Waals surface area contributed by atoms with Crippen LogP contribution in [-0.2, 0) is 0 Å². The topological polar surface area (TPSA) is 63.2 Å². The number of hydrogen-bond donors (Lipinski definition) is 2. The monoisotopic (exact) mass is 299 g/mol. The van der Waals surface area contributed by atoms with Crippen molar-refractivity contribution < 1.29 is 9.53 Å². The molecule has 0 saturated heterocycles. The second kappa shape index (κ2) is 6.47. The average molecular weight is 299 g/mol. The molecule has 0 radical (unpaired) electrons. The Balaban J connectivity index is 2.02. The largest absolute Gasteiger partial charge is 0.497 e. The SMILES string of the molecule is COc1ccc(C(=O)Nc2ccc(NC(C)(C)C)nc2)cc1. The molecule has 22 heavy (non-hydrogen) atoms. The summed E-state index contributed by atoms with van der Waals surface area (Å²) in [5.74, 6) is 1.31. The second-order valence-corrected chi connectivity index (χ2v) is 5.99. The zero-order chi connectivity index (χ0) is 16.2. The van der Waals surface area contributed by atoms with E-state index in [4.69, 9.17) is 4.74 Å². The molecule has 1 heterocycles. The van der Waals surface area contributed by atoms with Gasteiger partial charge in [-0.05, 0) is 57.2 Å². The third kappa shape index (κ3) is 4.48. The average Bonchev–Trinajstić information content (AvgIpc) is 2.48. The highest BCUT2D eigenvalue weighted by atomic mass is 16.5. The quantitative estimate of drug-likeness (QED) is 0.906. The fourth-order valence-corrected chi connectivity index (χ4v) is 1.87. The molecule has 0 aliphatic carbocycles. The standard InChI is InChI=1S/C17H21N3O2/c1-17(2,3)20-15-10-7-13(11-18-15)19-16(21)12-5-8-14(22-4)9-6-12/h5-11H,1-4H3,(H,18,20)(H,19,21). The number of carbonyl (C=O) groups excluding carboxylic acids is 1. The summed E-state index contributed by atoms with van der Waals surface area (Å²) >= 11 is 0. The number of hydrogen-bond acceptors (Lipinski definition) is 4. The summed E-state index contributed by atoms with van der Waals surface area (Å²) in [6.07, 6.45) is 1.63. The summed E-state index contributed by atoms with van der Waals surface area (Å²) in [5, 5.41) is 6.08. The summed E-state index contributed by atoms with van der Waals surface area (Å²) < 4.78 is 5.07. The predicted octanol–water partition coefficient (Wildman–Crippen LogP) is 3.55. The van der Waals surface area contributed by atoms with E-state index in [1.807, 2.05) is 12.1 Å². The smallest absolute Gasteiger partial charge is 0.255 e. The Kier molecular flexibility index (Phi) is 4.65. The van der Waals surface area contributed by atoms with E-state index in [2.05, 4.69) is 36.4 Å². The van der Waals surface area contributed by atoms with Gasteiger partial charge in [-0.2, -0.15) is 0 Å². The molecule has 1 amide bonds. The number of anilines is 2. The molecular formula is C17H21N3O2. The molecule has 2 aromatic rings. The van der Waals surface area contributed by atoms with Gasteiger partial charge in [-0.15, -0.1) is 0 Å². The van der Waals surface area contributed by atoms with Crippen LogP contribution in [0.1, 0.15) is 31.1 Å². The van der Waals surface area contributed by atoms with Crippen molar-refractivity contribution in [2.45, 2.75) is 26.3 Å². The van der Waals surface area contributed by atoms with Crippen molar-refractivity contribution in [1.29, 1.82) is 0 Å². The van der Waals surface area contributed by atoms with Gasteiger partial charge in [0.25, 0.3) is 5.91 Å². The van der Waals surface area contributed by atoms with Crippen LogP contribution in [0.15, 0.2) is 42.6 Å². The van der Waals surface area contributed by atoms with Crippen LogP contribution in [0.4, 0.5) is 11.5 Å². The molecule has 116 valence electrons. The van der Waals surface area contributed by atoms with E-state index < -0.39 is 0 Å². The molecule has 1 aromatic carbocycles. The number of rotatable bonds is 4. The highest BCUT2D eigenvalue weighted by Gasteiger charge is 2.10. The van der Waals surface area contributed by atoms with Crippen molar-refractivity contribution in [3.63, 3.8) is 0 Å². The number of amides is 1. The van der Waals surface area contributed by atoms with Gasteiger partial charge in [-0.1, -0.05) is 0 Å². The molecule has 2 rings (SSSR count). The van der Waals surface area contributed by atoms with Crippen molar-refractivity contribution in [2.75, 3.05) is 17.7 Å². The Morgan fingerprint density at radius 1 is 1.09 bits per heavy atom. The number of benzene rings is 1. The lowest BCUT2D eigenvalue weighted by molar-refractivity contribution is 0.102. The molecule has 0 spiro atoms. The number of ether oxygens (including phenoxy) is 1. The van der Waals surface area contributed by atoms with E-state index in [1.54, 1.807) is 37.6 Å². The van der Waals surface area contributed by atoms with E-state index in [0.717, 1.165) is 11.6 Å². The van der Waals surface area contributed by atoms with Crippen LogP contribution < -0.4 is 15.4 Å². The zero-order valence-electron chi connectivity index (χ0n) is 13.3. The third-order valence-corrected chi connectivity index (χ3v) is 2.88. The summed E-state index contributed by atoms with van der Waals surface area (Å²) in [7, 11) is 1.59. The number of carbonyl (C=O) groups is 1. The van der Waals surface area contributed by atoms with Crippen LogP contribution in [0.2, 0.25) is 0 Å². The maximum Gasteiger partial charge on any atom is 0.255 e. The van der Waals surface area contributed by atoms with Crippen LogP contribution in [0.25, 0.3) is 0 Å². The van der Waals surface area contributed by atoms with E-state index in [9.17, 15) is 4.79 Å². The molecule has 1 aromatic heterocycles. The van der Waals surface area contributed by atoms with Crippen molar-refractivity contribution >= 4 is 17.4 Å². The number of pyridine rings is 1. The van der Waals surface area contributed by atoms with Crippen LogP contribution in [0, 0.1) is 0 Å². The lowest BCUT2D eigenvalue weighted by Gasteiger charge is -2.21. The summed E-state index contributed by atoms with van der Waals surface area (Å²) in [6, 6.07) is 10.6. The predicted molar refractivity (Wildman–Crippen MR) is 88.6 cm³/mol. The van der Waals surface area contributed by atoms with Crippen molar-refractivity contribution in [2.24, 2.45) is 0 Å². The molecule has 0 aliphatic rings. The first kappa shape index (κ1) is 15.8. The van der Waals surface area contributed by atoms with Crippen LogP contribution in [0.5, 0.6) is 5.75 Å². The van der Waals surface area contributed by atoms with Gasteiger partial charge >= 0.3 is 0 Å². The van der Waals surface area contributed by atoms with Crippen LogP contribution in [0.3, 0.4) is 0 Å². The number of nitrogens with zero attached hydrogens (tertiary/aromatic N) is 1. The van der Waals surface area contributed by atoms with Gasteiger partial charge in [-0.25, -0.2) is 4.98 Å². The molecule has 0 atom stereocenters. The minimum Gasteiger partial charge on any atom is -0.497 e. The van der Waals surface area contributed by atoms with Gasteiger partial charge < -0.3 is 15.4 Å². The number of nitrogens with one attached hydrogen (secondary N) is 2. The summed E-state index contributed by atoms with van der Waals surface area (Å²) in [5.41, 5.74) is 1.17. The lowest BCUT2D eigenvalue weighted by Crippen LogP contribution is -2.26. The molecule has 0 bridgehead atoms. The summed E-state index contributed by atoms with van der Waals surface area (Å²) in [6.45, 7) is 6.19. The molecule has 5 nitrogen and oxygen atoms in total. The minimum absolute atomic E-state index is 0.0547. The van der Waals surface area contributed by atoms with E-state index >= 15 is 0 Å². The Labute approximate surface area is 130 Å². The Morgan fingerprint density at radius 2 is 1.77 bits per heavy atom. The number of aromatic nitrogens is 1. The zero-order valence-corrected chi connectivity index (χ0v) is 13.3. The van der Waals surface area contributed by atoms with Gasteiger partial charge in [-0.3, -0.25) is 4.79 Å². The third-order valence-electron chi connectivity index (χ3n) is 2.88. The van der Waals surface area contributed by atoms with Crippen LogP contribution >= 0.6 is 0 Å². The Hall–Kier alpha value is -2.56. The molecule has 0 unspecified atom stereocenters. The molecule has 5 heteroatoms. The lowest BCUT2D eigenvalue weighted by atomic mass is 10.1. The molecule has 0 aliphatic heterocycles. The Morgan fingerprint density at radius 3 is 2.27 bits per heavy atom. The van der Waals surface area contributed by atoms with Crippen LogP contribution in [-0.4, -0.2) is 23.5 Å². The normalized spacial score (nSPS) is 10.9. The highest BCUT2D eigenvalue weighted by molar-refractivity contribution is 6.04. The fourth-order valence-electron chi connectivity index (χ4n) is 1.87. The first-order chi connectivity index (χ1) is 10.4. The maximum absolute atomic E-state index is 12.1. The minimum atomic E-state index is -0.180. The second-order valence-electron chi connectivity index (χ2n) is 5.99. The van der Waals surface area contributed by atoms with Gasteiger partial charge in [0.1, 0.15) is 11.6 Å². The first-order valence-electron chi connectivity index (χ1n) is 7.07. The van der Waals surface area contributed by atoms with E-state index in [-0.39, 0.29) is 11.4 Å². The van der Waals surface area contributed by atoms with Crippen molar-refractivity contribution in [1.82, 2.24) is 4.98 Å². The first-order valence-corrected chi connectivity index (χ1v) is 7.07.